The summed E-state index contributed by atoms with van der Waals surface area (Å²) in [6, 6.07) is 4.61. The van der Waals surface area contributed by atoms with E-state index in [2.05, 4.69) is 9.97 Å². The second-order valence-corrected chi connectivity index (χ2v) is 3.85. The molecular formula is C12H11FN2O2S. The number of hydrogen-bond donors (Lipinski definition) is 1. The van der Waals surface area contributed by atoms with Crippen LogP contribution < -0.4 is 9.47 Å². The van der Waals surface area contributed by atoms with Crippen LogP contribution in [-0.2, 0) is 0 Å². The molecule has 0 saturated heterocycles. The third-order valence-corrected chi connectivity index (χ3v) is 2.75. The van der Waals surface area contributed by atoms with Crippen LogP contribution in [0, 0.1) is 10.5 Å². The normalized spacial score (nSPS) is 10.2. The van der Waals surface area contributed by atoms with E-state index in [0.29, 0.717) is 21.6 Å². The molecule has 1 aromatic heterocycles. The van der Waals surface area contributed by atoms with Gasteiger partial charge in [-0.25, -0.2) is 9.37 Å². The summed E-state index contributed by atoms with van der Waals surface area (Å²) in [7, 11) is 2.91. The van der Waals surface area contributed by atoms with Gasteiger partial charge in [-0.15, -0.1) is 0 Å². The fourth-order valence-electron chi connectivity index (χ4n) is 1.61. The number of aromatic nitrogens is 2. The van der Waals surface area contributed by atoms with Crippen LogP contribution in [0.2, 0.25) is 0 Å². The minimum Gasteiger partial charge on any atom is -0.494 e. The van der Waals surface area contributed by atoms with E-state index in [-0.39, 0.29) is 5.75 Å². The molecule has 2 aromatic rings. The maximum absolute atomic E-state index is 13.7. The first-order chi connectivity index (χ1) is 8.67. The van der Waals surface area contributed by atoms with Gasteiger partial charge in [-0.3, -0.25) is 0 Å². The Hall–Kier alpha value is -1.95. The van der Waals surface area contributed by atoms with Crippen LogP contribution >= 0.6 is 12.2 Å². The number of methoxy groups -OCH3 is 2. The summed E-state index contributed by atoms with van der Waals surface area (Å²) < 4.78 is 24.0. The molecule has 0 bridgehead atoms. The summed E-state index contributed by atoms with van der Waals surface area (Å²) >= 11 is 5.05. The summed E-state index contributed by atoms with van der Waals surface area (Å²) in [5.74, 6) is 0.149. The Morgan fingerprint density at radius 3 is 2.67 bits per heavy atom. The highest BCUT2D eigenvalue weighted by Crippen LogP contribution is 2.30. The Morgan fingerprint density at radius 1 is 1.28 bits per heavy atom. The first-order valence-corrected chi connectivity index (χ1v) is 5.53. The lowest BCUT2D eigenvalue weighted by atomic mass is 10.1. The minimum atomic E-state index is -0.451. The number of hydrogen-bond acceptors (Lipinski definition) is 4. The van der Waals surface area contributed by atoms with Crippen molar-refractivity contribution in [3.8, 4) is 22.8 Å². The maximum Gasteiger partial charge on any atom is 0.179 e. The predicted octanol–water partition coefficient (Wildman–Crippen LogP) is 2.96. The largest absolute Gasteiger partial charge is 0.494 e. The van der Waals surface area contributed by atoms with Crippen LogP contribution in [0.25, 0.3) is 11.3 Å². The molecule has 1 heterocycles. The van der Waals surface area contributed by atoms with Crippen LogP contribution in [0.5, 0.6) is 11.5 Å². The molecule has 1 N–H and O–H groups in total. The van der Waals surface area contributed by atoms with Crippen molar-refractivity contribution >= 4 is 12.2 Å². The Morgan fingerprint density at radius 2 is 2.06 bits per heavy atom. The van der Waals surface area contributed by atoms with Crippen molar-refractivity contribution in [2.75, 3.05) is 14.2 Å². The number of nitrogens with zero attached hydrogens (tertiary/aromatic N) is 1. The molecule has 0 unspecified atom stereocenters. The molecule has 18 heavy (non-hydrogen) atoms. The van der Waals surface area contributed by atoms with Crippen LogP contribution in [0.4, 0.5) is 4.39 Å². The molecule has 0 atom stereocenters. The fraction of sp³-hybridized carbons (Fsp3) is 0.167. The summed E-state index contributed by atoms with van der Waals surface area (Å²) in [5, 5.41) is 0. The predicted molar refractivity (Wildman–Crippen MR) is 67.9 cm³/mol. The molecule has 1 aromatic carbocycles. The van der Waals surface area contributed by atoms with Gasteiger partial charge < -0.3 is 14.5 Å². The van der Waals surface area contributed by atoms with Gasteiger partial charge in [-0.05, 0) is 18.2 Å². The van der Waals surface area contributed by atoms with E-state index in [0.717, 1.165) is 0 Å². The lowest BCUT2D eigenvalue weighted by molar-refractivity contribution is 0.386. The molecule has 94 valence electrons. The number of H-pyrrole nitrogens is 1. The Bertz CT molecular complexity index is 628. The highest BCUT2D eigenvalue weighted by atomic mass is 32.1. The summed E-state index contributed by atoms with van der Waals surface area (Å²) in [6.07, 6.45) is 1.45. The Kier molecular flexibility index (Phi) is 3.57. The third kappa shape index (κ3) is 2.19. The smallest absolute Gasteiger partial charge is 0.179 e. The van der Waals surface area contributed by atoms with Crippen molar-refractivity contribution in [1.82, 2.24) is 9.97 Å². The van der Waals surface area contributed by atoms with Gasteiger partial charge in [0.1, 0.15) is 0 Å². The average molecular weight is 266 g/mol. The molecule has 4 nitrogen and oxygen atoms in total. The van der Waals surface area contributed by atoms with Crippen molar-refractivity contribution in [1.29, 1.82) is 0 Å². The van der Waals surface area contributed by atoms with Crippen LogP contribution in [0.1, 0.15) is 0 Å². The molecule has 0 saturated carbocycles. The lowest BCUT2D eigenvalue weighted by Crippen LogP contribution is -1.95. The molecule has 6 heteroatoms. The van der Waals surface area contributed by atoms with Gasteiger partial charge in [0.15, 0.2) is 22.0 Å². The number of benzene rings is 1. The van der Waals surface area contributed by atoms with Crippen molar-refractivity contribution < 1.29 is 13.9 Å². The zero-order valence-corrected chi connectivity index (χ0v) is 10.7. The zero-order chi connectivity index (χ0) is 13.1. The van der Waals surface area contributed by atoms with Gasteiger partial charge in [0.05, 0.1) is 26.2 Å². The number of ether oxygens (including phenoxy) is 2. The first-order valence-electron chi connectivity index (χ1n) is 5.13. The van der Waals surface area contributed by atoms with Gasteiger partial charge in [0.25, 0.3) is 0 Å². The quantitative estimate of drug-likeness (QED) is 0.868. The number of nitrogens with one attached hydrogen (secondary N) is 1. The Labute approximate surface area is 108 Å². The number of aromatic amines is 1. The fourth-order valence-corrected chi connectivity index (χ4v) is 1.85. The van der Waals surface area contributed by atoms with Gasteiger partial charge in [0.2, 0.25) is 0 Å². The molecule has 0 aliphatic heterocycles. The van der Waals surface area contributed by atoms with E-state index < -0.39 is 5.82 Å². The number of halogens is 1. The molecule has 0 amide bonds. The van der Waals surface area contributed by atoms with Crippen molar-refractivity contribution in [2.45, 2.75) is 0 Å². The first kappa shape index (κ1) is 12.5. The van der Waals surface area contributed by atoms with E-state index in [1.54, 1.807) is 12.1 Å². The van der Waals surface area contributed by atoms with E-state index in [1.165, 1.54) is 26.6 Å². The van der Waals surface area contributed by atoms with E-state index in [4.69, 9.17) is 21.7 Å². The van der Waals surface area contributed by atoms with E-state index in [9.17, 15) is 4.39 Å². The second kappa shape index (κ2) is 5.14. The maximum atomic E-state index is 13.7. The van der Waals surface area contributed by atoms with Gasteiger partial charge in [-0.2, -0.15) is 0 Å². The number of rotatable bonds is 3. The van der Waals surface area contributed by atoms with Crippen LogP contribution in [0.15, 0.2) is 24.5 Å². The molecule has 0 radical (unpaired) electrons. The van der Waals surface area contributed by atoms with Crippen molar-refractivity contribution in [3.63, 3.8) is 0 Å². The molecular weight excluding hydrogens is 255 g/mol. The topological polar surface area (TPSA) is 47.1 Å². The summed E-state index contributed by atoms with van der Waals surface area (Å²) in [5.41, 5.74) is 1.19. The van der Waals surface area contributed by atoms with Gasteiger partial charge >= 0.3 is 0 Å². The van der Waals surface area contributed by atoms with Crippen LogP contribution in [0.3, 0.4) is 0 Å². The summed E-state index contributed by atoms with van der Waals surface area (Å²) in [4.78, 5) is 6.81. The second-order valence-electron chi connectivity index (χ2n) is 3.47. The zero-order valence-electron chi connectivity index (χ0n) is 9.86. The van der Waals surface area contributed by atoms with Crippen molar-refractivity contribution in [2.24, 2.45) is 0 Å². The van der Waals surface area contributed by atoms with Crippen LogP contribution in [-0.4, -0.2) is 24.2 Å². The molecule has 0 spiro atoms. The third-order valence-electron chi connectivity index (χ3n) is 2.46. The average Bonchev–Trinajstić information content (AvgIpc) is 2.38. The summed E-state index contributed by atoms with van der Waals surface area (Å²) in [6.45, 7) is 0. The lowest BCUT2D eigenvalue weighted by Gasteiger charge is -2.09. The standard InChI is InChI=1S/C12H11FN2O2S/c1-16-9-4-3-7(5-8(9)13)10-11(17-2)12(18)15-6-14-10/h3-6H,1-2H3,(H,14,15,18). The molecule has 0 aliphatic rings. The molecule has 2 rings (SSSR count). The Balaban J connectivity index is 2.59. The van der Waals surface area contributed by atoms with Gasteiger partial charge in [-0.1, -0.05) is 12.2 Å². The molecule has 0 fully saturated rings. The highest BCUT2D eigenvalue weighted by Gasteiger charge is 2.11. The van der Waals surface area contributed by atoms with Gasteiger partial charge in [0, 0.05) is 5.56 Å². The minimum absolute atomic E-state index is 0.186. The highest BCUT2D eigenvalue weighted by molar-refractivity contribution is 7.71. The monoisotopic (exact) mass is 266 g/mol. The van der Waals surface area contributed by atoms with E-state index in [1.807, 2.05) is 0 Å². The molecule has 0 aliphatic carbocycles. The SMILES string of the molecule is COc1ccc(-c2[nH]cnc(=S)c2OC)cc1F. The van der Waals surface area contributed by atoms with E-state index >= 15 is 0 Å². The van der Waals surface area contributed by atoms with Crippen molar-refractivity contribution in [3.05, 3.63) is 35.0 Å².